The molecule has 0 spiro atoms. The number of nitrogens with one attached hydrogen (secondary N) is 1. The van der Waals surface area contributed by atoms with Crippen LogP contribution < -0.4 is 0 Å². The van der Waals surface area contributed by atoms with Crippen molar-refractivity contribution in [3.8, 4) is 10.6 Å². The highest BCUT2D eigenvalue weighted by atomic mass is 32.1. The van der Waals surface area contributed by atoms with E-state index in [1.807, 2.05) is 0 Å². The fourth-order valence-electron chi connectivity index (χ4n) is 2.79. The molecule has 26 heavy (non-hydrogen) atoms. The third-order valence-corrected chi connectivity index (χ3v) is 5.39. The van der Waals surface area contributed by atoms with E-state index in [4.69, 9.17) is 10.2 Å². The fourth-order valence-corrected chi connectivity index (χ4v) is 3.71. The molecule has 3 aromatic rings. The minimum atomic E-state index is -1.41. The number of H-pyrrole nitrogens is 1. The lowest BCUT2D eigenvalue weighted by molar-refractivity contribution is -0.120. The first-order valence-electron chi connectivity index (χ1n) is 7.77. The van der Waals surface area contributed by atoms with Gasteiger partial charge in [0.25, 0.3) is 5.91 Å². The molecule has 0 radical (unpaired) electrons. The number of hydrogen-bond acceptors (Lipinski definition) is 7. The van der Waals surface area contributed by atoms with Gasteiger partial charge in [0.1, 0.15) is 11.1 Å². The Bertz CT molecular complexity index is 1010. The average molecular weight is 374 g/mol. The number of aliphatic hydroxyl groups excluding tert-OH is 1. The lowest BCUT2D eigenvalue weighted by Gasteiger charge is -2.39. The molecule has 0 saturated carbocycles. The Hall–Kier alpha value is -2.82. The molecule has 9 nitrogen and oxygen atoms in total. The van der Waals surface area contributed by atoms with Crippen molar-refractivity contribution in [1.29, 1.82) is 0 Å². The van der Waals surface area contributed by atoms with Crippen molar-refractivity contribution < 1.29 is 24.9 Å². The number of amides is 1. The summed E-state index contributed by atoms with van der Waals surface area (Å²) in [5, 5.41) is 27.4. The van der Waals surface area contributed by atoms with E-state index in [-0.39, 0.29) is 22.9 Å². The fraction of sp³-hybridized carbons (Fsp3) is 0.250. The number of aromatic carboxylic acids is 1. The standard InChI is InChI=1S/C16H14N4O5S/c21-14(20-5-7(6-20)15(22)23)11-2-1-10(26-11)9-4-18-13-12(19-9)8(3-17-13)16(24)25/h1-4,7,15,22-23H,5-6H2,(H,17,18)(H,24,25). The van der Waals surface area contributed by atoms with Crippen LogP contribution in [0.3, 0.4) is 0 Å². The minimum Gasteiger partial charge on any atom is -0.478 e. The SMILES string of the molecule is O=C(O)c1c[nH]c2ncc(-c3ccc(C(=O)N4CC(C(O)O)C4)s3)nc12. The zero-order valence-corrected chi connectivity index (χ0v) is 14.1. The van der Waals surface area contributed by atoms with Crippen LogP contribution in [0.2, 0.25) is 0 Å². The van der Waals surface area contributed by atoms with Crippen molar-refractivity contribution in [2.75, 3.05) is 13.1 Å². The Balaban J connectivity index is 1.58. The van der Waals surface area contributed by atoms with Crippen molar-refractivity contribution in [1.82, 2.24) is 19.9 Å². The summed E-state index contributed by atoms with van der Waals surface area (Å²) >= 11 is 1.23. The van der Waals surface area contributed by atoms with Gasteiger partial charge in [-0.3, -0.25) is 4.79 Å². The smallest absolute Gasteiger partial charge is 0.339 e. The summed E-state index contributed by atoms with van der Waals surface area (Å²) in [5.41, 5.74) is 1.17. The molecule has 0 atom stereocenters. The highest BCUT2D eigenvalue weighted by molar-refractivity contribution is 7.17. The second kappa shape index (κ2) is 6.16. The molecule has 1 fully saturated rings. The van der Waals surface area contributed by atoms with Crippen LogP contribution in [0, 0.1) is 5.92 Å². The van der Waals surface area contributed by atoms with Crippen LogP contribution in [-0.4, -0.2) is 66.4 Å². The van der Waals surface area contributed by atoms with Crippen LogP contribution in [0.15, 0.2) is 24.5 Å². The molecule has 1 saturated heterocycles. The number of carbonyl (C=O) groups is 2. The predicted molar refractivity (Wildman–Crippen MR) is 91.8 cm³/mol. The maximum Gasteiger partial charge on any atom is 0.339 e. The van der Waals surface area contributed by atoms with Gasteiger partial charge in [-0.1, -0.05) is 0 Å². The molecule has 1 aliphatic rings. The van der Waals surface area contributed by atoms with E-state index in [9.17, 15) is 14.7 Å². The molecule has 0 unspecified atom stereocenters. The van der Waals surface area contributed by atoms with E-state index in [2.05, 4.69) is 15.0 Å². The maximum atomic E-state index is 12.4. The van der Waals surface area contributed by atoms with Gasteiger partial charge in [-0.2, -0.15) is 0 Å². The molecule has 0 aliphatic carbocycles. The van der Waals surface area contributed by atoms with Gasteiger partial charge in [-0.05, 0) is 12.1 Å². The summed E-state index contributed by atoms with van der Waals surface area (Å²) in [7, 11) is 0. The van der Waals surface area contributed by atoms with E-state index in [1.54, 1.807) is 17.0 Å². The largest absolute Gasteiger partial charge is 0.478 e. The summed E-state index contributed by atoms with van der Waals surface area (Å²) in [6.45, 7) is 0.613. The Morgan fingerprint density at radius 1 is 1.31 bits per heavy atom. The van der Waals surface area contributed by atoms with Crippen molar-refractivity contribution in [3.63, 3.8) is 0 Å². The van der Waals surface area contributed by atoms with Crippen LogP contribution in [0.5, 0.6) is 0 Å². The van der Waals surface area contributed by atoms with Crippen molar-refractivity contribution >= 4 is 34.4 Å². The molecular weight excluding hydrogens is 360 g/mol. The van der Waals surface area contributed by atoms with Gasteiger partial charge >= 0.3 is 5.97 Å². The molecule has 134 valence electrons. The Morgan fingerprint density at radius 2 is 2.08 bits per heavy atom. The topological polar surface area (TPSA) is 140 Å². The number of nitrogens with zero attached hydrogens (tertiary/aromatic N) is 3. The molecule has 4 rings (SSSR count). The van der Waals surface area contributed by atoms with Gasteiger partial charge < -0.3 is 25.2 Å². The van der Waals surface area contributed by atoms with Crippen LogP contribution in [0.4, 0.5) is 0 Å². The van der Waals surface area contributed by atoms with Gasteiger partial charge in [-0.25, -0.2) is 14.8 Å². The number of rotatable bonds is 4. The number of carboxylic acid groups (broad SMARTS) is 1. The van der Waals surface area contributed by atoms with E-state index < -0.39 is 12.3 Å². The quantitative estimate of drug-likeness (QED) is 0.494. The van der Waals surface area contributed by atoms with E-state index in [0.717, 1.165) is 0 Å². The number of carbonyl (C=O) groups excluding carboxylic acids is 1. The number of aromatic nitrogens is 3. The molecule has 4 N–H and O–H groups in total. The van der Waals surface area contributed by atoms with Gasteiger partial charge in [0, 0.05) is 25.2 Å². The van der Waals surface area contributed by atoms with Crippen molar-refractivity contribution in [3.05, 3.63) is 35.0 Å². The lowest BCUT2D eigenvalue weighted by Crippen LogP contribution is -2.54. The van der Waals surface area contributed by atoms with Crippen molar-refractivity contribution in [2.45, 2.75) is 6.29 Å². The third-order valence-electron chi connectivity index (χ3n) is 4.30. The van der Waals surface area contributed by atoms with Gasteiger partial charge in [0.15, 0.2) is 11.9 Å². The van der Waals surface area contributed by atoms with Crippen LogP contribution in [0.1, 0.15) is 20.0 Å². The molecule has 4 heterocycles. The Kier molecular flexibility index (Phi) is 3.94. The third kappa shape index (κ3) is 2.73. The number of carboxylic acids is 1. The molecule has 1 aliphatic heterocycles. The molecule has 0 bridgehead atoms. The van der Waals surface area contributed by atoms with E-state index in [0.29, 0.717) is 34.2 Å². The molecule has 10 heteroatoms. The Labute approximate surface area is 150 Å². The first-order chi connectivity index (χ1) is 12.4. The average Bonchev–Trinajstić information content (AvgIpc) is 3.19. The normalized spacial score (nSPS) is 14.8. The van der Waals surface area contributed by atoms with Crippen LogP contribution in [-0.2, 0) is 0 Å². The summed E-state index contributed by atoms with van der Waals surface area (Å²) in [4.78, 5) is 37.7. The van der Waals surface area contributed by atoms with Gasteiger partial charge in [0.2, 0.25) is 0 Å². The number of aliphatic hydroxyl groups is 2. The second-order valence-electron chi connectivity index (χ2n) is 6.01. The first kappa shape index (κ1) is 16.6. The number of aromatic amines is 1. The van der Waals surface area contributed by atoms with Gasteiger partial charge in [-0.15, -0.1) is 11.3 Å². The maximum absolute atomic E-state index is 12.4. The lowest BCUT2D eigenvalue weighted by atomic mass is 9.99. The minimum absolute atomic E-state index is 0.0383. The number of thiophene rings is 1. The summed E-state index contributed by atoms with van der Waals surface area (Å²) in [5.74, 6) is -1.59. The highest BCUT2D eigenvalue weighted by Crippen LogP contribution is 2.30. The van der Waals surface area contributed by atoms with Crippen molar-refractivity contribution in [2.24, 2.45) is 5.92 Å². The Morgan fingerprint density at radius 3 is 2.77 bits per heavy atom. The molecule has 3 aromatic heterocycles. The van der Waals surface area contributed by atoms with Crippen LogP contribution >= 0.6 is 11.3 Å². The van der Waals surface area contributed by atoms with E-state index >= 15 is 0 Å². The number of likely N-dealkylation sites (tertiary alicyclic amines) is 1. The van der Waals surface area contributed by atoms with E-state index in [1.165, 1.54) is 23.7 Å². The molecular formula is C16H14N4O5S. The van der Waals surface area contributed by atoms with Crippen LogP contribution in [0.25, 0.3) is 21.7 Å². The summed E-state index contributed by atoms with van der Waals surface area (Å²) in [6.07, 6.45) is 1.45. The highest BCUT2D eigenvalue weighted by Gasteiger charge is 2.35. The molecule has 0 aromatic carbocycles. The van der Waals surface area contributed by atoms with Gasteiger partial charge in [0.05, 0.1) is 21.6 Å². The first-order valence-corrected chi connectivity index (χ1v) is 8.58. The summed E-state index contributed by atoms with van der Waals surface area (Å²) in [6, 6.07) is 3.41. The number of hydrogen-bond donors (Lipinski definition) is 4. The zero-order valence-electron chi connectivity index (χ0n) is 13.3. The summed E-state index contributed by atoms with van der Waals surface area (Å²) < 4.78 is 0. The monoisotopic (exact) mass is 374 g/mol. The zero-order chi connectivity index (χ0) is 18.4. The molecule has 1 amide bonds. The number of fused-ring (bicyclic) bond motifs is 1. The predicted octanol–water partition coefficient (Wildman–Crippen LogP) is 0.767. The second-order valence-corrected chi connectivity index (χ2v) is 7.09.